The van der Waals surface area contributed by atoms with E-state index in [1.54, 1.807) is 13.3 Å². The Morgan fingerprint density at radius 3 is 2.93 bits per heavy atom. The first-order chi connectivity index (χ1) is 7.36. The summed E-state index contributed by atoms with van der Waals surface area (Å²) in [5.41, 5.74) is 0. The van der Waals surface area contributed by atoms with Crippen LogP contribution in [0.4, 0.5) is 5.82 Å². The summed E-state index contributed by atoms with van der Waals surface area (Å²) >= 11 is 0. The van der Waals surface area contributed by atoms with E-state index < -0.39 is 0 Å². The van der Waals surface area contributed by atoms with E-state index in [-0.39, 0.29) is 0 Å². The van der Waals surface area contributed by atoms with Crippen LogP contribution in [0.2, 0.25) is 0 Å². The van der Waals surface area contributed by atoms with Gasteiger partial charge in [-0.25, -0.2) is 4.98 Å². The Labute approximate surface area is 91.9 Å². The number of nitrogens with zero attached hydrogens (tertiary/aromatic N) is 1. The predicted molar refractivity (Wildman–Crippen MR) is 63.0 cm³/mol. The molecule has 1 N–H and O–H groups in total. The van der Waals surface area contributed by atoms with Gasteiger partial charge in [0.05, 0.1) is 12.6 Å². The third-order valence-corrected chi connectivity index (χ3v) is 2.29. The van der Waals surface area contributed by atoms with Gasteiger partial charge in [-0.05, 0) is 18.6 Å². The van der Waals surface area contributed by atoms with Crippen LogP contribution in [-0.2, 0) is 4.74 Å². The van der Waals surface area contributed by atoms with Gasteiger partial charge in [0.1, 0.15) is 5.82 Å². The minimum Gasteiger partial charge on any atom is -0.383 e. The molecule has 0 aliphatic heterocycles. The van der Waals surface area contributed by atoms with E-state index >= 15 is 0 Å². The van der Waals surface area contributed by atoms with Crippen LogP contribution >= 0.6 is 0 Å². The number of methoxy groups -OCH3 is 1. The summed E-state index contributed by atoms with van der Waals surface area (Å²) in [6, 6.07) is 6.25. The van der Waals surface area contributed by atoms with Crippen molar-refractivity contribution >= 4 is 5.82 Å². The Morgan fingerprint density at radius 2 is 2.33 bits per heavy atom. The summed E-state index contributed by atoms with van der Waals surface area (Å²) in [4.78, 5) is 4.24. The van der Waals surface area contributed by atoms with Gasteiger partial charge in [0.2, 0.25) is 0 Å². The zero-order valence-corrected chi connectivity index (χ0v) is 9.57. The fraction of sp³-hybridized carbons (Fsp3) is 0.583. The van der Waals surface area contributed by atoms with Crippen molar-refractivity contribution in [1.29, 1.82) is 0 Å². The van der Waals surface area contributed by atoms with Crippen LogP contribution < -0.4 is 5.32 Å². The maximum absolute atomic E-state index is 5.18. The van der Waals surface area contributed by atoms with E-state index in [1.807, 2.05) is 18.2 Å². The van der Waals surface area contributed by atoms with Crippen LogP contribution in [0.3, 0.4) is 0 Å². The van der Waals surface area contributed by atoms with Gasteiger partial charge in [-0.3, -0.25) is 0 Å². The average Bonchev–Trinajstić information content (AvgIpc) is 2.28. The summed E-state index contributed by atoms with van der Waals surface area (Å²) in [6.07, 6.45) is 5.35. The molecule has 0 aromatic carbocycles. The van der Waals surface area contributed by atoms with Gasteiger partial charge < -0.3 is 10.1 Å². The number of rotatable bonds is 7. The van der Waals surface area contributed by atoms with Crippen LogP contribution in [0.1, 0.15) is 26.2 Å². The van der Waals surface area contributed by atoms with Gasteiger partial charge >= 0.3 is 0 Å². The lowest BCUT2D eigenvalue weighted by molar-refractivity contribution is 0.182. The first-order valence-electron chi connectivity index (χ1n) is 5.53. The van der Waals surface area contributed by atoms with Crippen LogP contribution in [-0.4, -0.2) is 24.7 Å². The number of pyridine rings is 1. The first-order valence-corrected chi connectivity index (χ1v) is 5.53. The Kier molecular flexibility index (Phi) is 5.78. The van der Waals surface area contributed by atoms with Gasteiger partial charge in [-0.2, -0.15) is 0 Å². The van der Waals surface area contributed by atoms with Crippen molar-refractivity contribution in [3.05, 3.63) is 24.4 Å². The predicted octanol–water partition coefficient (Wildman–Crippen LogP) is 2.70. The average molecular weight is 208 g/mol. The lowest BCUT2D eigenvalue weighted by atomic mass is 10.1. The SMILES string of the molecule is CCCCC(COC)Nc1ccccn1. The first kappa shape index (κ1) is 12.0. The highest BCUT2D eigenvalue weighted by Gasteiger charge is 2.07. The molecule has 0 radical (unpaired) electrons. The van der Waals surface area contributed by atoms with Gasteiger partial charge in [0, 0.05) is 13.3 Å². The van der Waals surface area contributed by atoms with Crippen molar-refractivity contribution in [1.82, 2.24) is 4.98 Å². The minimum absolute atomic E-state index is 0.366. The molecule has 84 valence electrons. The quantitative estimate of drug-likeness (QED) is 0.748. The fourth-order valence-corrected chi connectivity index (χ4v) is 1.51. The highest BCUT2D eigenvalue weighted by Crippen LogP contribution is 2.08. The molecule has 0 saturated carbocycles. The summed E-state index contributed by atoms with van der Waals surface area (Å²) in [7, 11) is 1.74. The lowest BCUT2D eigenvalue weighted by Gasteiger charge is -2.17. The number of nitrogens with one attached hydrogen (secondary N) is 1. The third kappa shape index (κ3) is 4.79. The summed E-state index contributed by atoms with van der Waals surface area (Å²) in [5.74, 6) is 0.927. The zero-order valence-electron chi connectivity index (χ0n) is 9.57. The van der Waals surface area contributed by atoms with Crippen molar-refractivity contribution in [3.8, 4) is 0 Å². The Hall–Kier alpha value is -1.09. The number of hydrogen-bond donors (Lipinski definition) is 1. The molecule has 3 heteroatoms. The van der Waals surface area contributed by atoms with Crippen molar-refractivity contribution in [2.24, 2.45) is 0 Å². The maximum Gasteiger partial charge on any atom is 0.126 e. The molecule has 0 amide bonds. The second-order valence-electron chi connectivity index (χ2n) is 3.65. The van der Waals surface area contributed by atoms with Crippen LogP contribution in [0.25, 0.3) is 0 Å². The molecular formula is C12H20N2O. The van der Waals surface area contributed by atoms with E-state index in [0.29, 0.717) is 6.04 Å². The molecule has 1 atom stereocenters. The van der Waals surface area contributed by atoms with E-state index in [2.05, 4.69) is 17.2 Å². The number of unbranched alkanes of at least 4 members (excludes halogenated alkanes) is 1. The number of hydrogen-bond acceptors (Lipinski definition) is 3. The highest BCUT2D eigenvalue weighted by molar-refractivity contribution is 5.34. The number of aromatic nitrogens is 1. The van der Waals surface area contributed by atoms with E-state index in [4.69, 9.17) is 4.74 Å². The molecule has 1 unspecified atom stereocenters. The van der Waals surface area contributed by atoms with Crippen LogP contribution in [0.15, 0.2) is 24.4 Å². The molecule has 15 heavy (non-hydrogen) atoms. The minimum atomic E-state index is 0.366. The lowest BCUT2D eigenvalue weighted by Crippen LogP contribution is -2.25. The highest BCUT2D eigenvalue weighted by atomic mass is 16.5. The van der Waals surface area contributed by atoms with Gasteiger partial charge in [0.15, 0.2) is 0 Å². The van der Waals surface area contributed by atoms with Gasteiger partial charge in [-0.15, -0.1) is 0 Å². The summed E-state index contributed by atoms with van der Waals surface area (Å²) < 4.78 is 5.18. The number of anilines is 1. The number of ether oxygens (including phenoxy) is 1. The third-order valence-electron chi connectivity index (χ3n) is 2.29. The van der Waals surface area contributed by atoms with Gasteiger partial charge in [-0.1, -0.05) is 25.8 Å². The molecule has 0 fully saturated rings. The smallest absolute Gasteiger partial charge is 0.126 e. The molecule has 1 aromatic heterocycles. The van der Waals surface area contributed by atoms with Crippen molar-refractivity contribution in [2.45, 2.75) is 32.2 Å². The topological polar surface area (TPSA) is 34.1 Å². The van der Waals surface area contributed by atoms with Crippen LogP contribution in [0.5, 0.6) is 0 Å². The molecule has 1 rings (SSSR count). The Bertz CT molecular complexity index is 251. The largest absolute Gasteiger partial charge is 0.383 e. The van der Waals surface area contributed by atoms with E-state index in [9.17, 15) is 0 Å². The second kappa shape index (κ2) is 7.23. The molecule has 0 aliphatic carbocycles. The molecule has 0 aliphatic rings. The molecule has 1 aromatic rings. The Balaban J connectivity index is 2.43. The van der Waals surface area contributed by atoms with E-state index in [0.717, 1.165) is 18.8 Å². The summed E-state index contributed by atoms with van der Waals surface area (Å²) in [5, 5.41) is 3.38. The molecule has 0 spiro atoms. The van der Waals surface area contributed by atoms with Gasteiger partial charge in [0.25, 0.3) is 0 Å². The van der Waals surface area contributed by atoms with Crippen LogP contribution in [0, 0.1) is 0 Å². The summed E-state index contributed by atoms with van der Waals surface area (Å²) in [6.45, 7) is 2.93. The Morgan fingerprint density at radius 1 is 1.47 bits per heavy atom. The standard InChI is InChI=1S/C12H20N2O/c1-3-4-7-11(10-15-2)14-12-8-5-6-9-13-12/h5-6,8-9,11H,3-4,7,10H2,1-2H3,(H,13,14). The molecule has 3 nitrogen and oxygen atoms in total. The van der Waals surface area contributed by atoms with Crippen molar-refractivity contribution in [3.63, 3.8) is 0 Å². The zero-order chi connectivity index (χ0) is 10.9. The molecular weight excluding hydrogens is 188 g/mol. The van der Waals surface area contributed by atoms with E-state index in [1.165, 1.54) is 12.8 Å². The molecule has 0 saturated heterocycles. The molecule has 0 bridgehead atoms. The maximum atomic E-state index is 5.18. The molecule has 1 heterocycles. The monoisotopic (exact) mass is 208 g/mol. The van der Waals surface area contributed by atoms with Crippen molar-refractivity contribution < 1.29 is 4.74 Å². The van der Waals surface area contributed by atoms with Crippen molar-refractivity contribution in [2.75, 3.05) is 19.0 Å². The normalized spacial score (nSPS) is 12.4. The second-order valence-corrected chi connectivity index (χ2v) is 3.65. The fourth-order valence-electron chi connectivity index (χ4n) is 1.51.